The smallest absolute Gasteiger partial charge is 0.354 e. The fourth-order valence-electron chi connectivity index (χ4n) is 2.68. The number of benzene rings is 1. The largest absolute Gasteiger partial charge is 0.477 e. The van der Waals surface area contributed by atoms with Crippen LogP contribution in [-0.2, 0) is 11.3 Å². The monoisotopic (exact) mass is 387 g/mol. The van der Waals surface area contributed by atoms with Gasteiger partial charge in [-0.25, -0.2) is 19.6 Å². The third kappa shape index (κ3) is 3.93. The van der Waals surface area contributed by atoms with Crippen LogP contribution in [0, 0.1) is 6.92 Å². The third-order valence-electron chi connectivity index (χ3n) is 3.96. The zero-order chi connectivity index (χ0) is 19.7. The number of carbonyl (C=O) groups excluding carboxylic acids is 1. The molecule has 2 heterocycles. The molecule has 140 valence electrons. The van der Waals surface area contributed by atoms with E-state index >= 15 is 0 Å². The number of fused-ring (bicyclic) bond motifs is 1. The highest BCUT2D eigenvalue weighted by molar-refractivity contribution is 6.31. The van der Waals surface area contributed by atoms with Gasteiger partial charge >= 0.3 is 11.9 Å². The van der Waals surface area contributed by atoms with Crippen molar-refractivity contribution in [3.05, 3.63) is 58.0 Å². The van der Waals surface area contributed by atoms with E-state index in [-0.39, 0.29) is 11.8 Å². The molecule has 1 aromatic carbocycles. The molecule has 0 saturated heterocycles. The number of rotatable bonds is 5. The van der Waals surface area contributed by atoms with Gasteiger partial charge in [0.05, 0.1) is 18.2 Å². The molecule has 0 fully saturated rings. The van der Waals surface area contributed by atoms with Gasteiger partial charge in [0.25, 0.3) is 0 Å². The highest BCUT2D eigenvalue weighted by Gasteiger charge is 2.16. The number of carboxylic acid groups (broad SMARTS) is 1. The number of imidazole rings is 1. The molecule has 0 amide bonds. The van der Waals surface area contributed by atoms with E-state index in [1.54, 1.807) is 42.7 Å². The van der Waals surface area contributed by atoms with E-state index in [4.69, 9.17) is 21.4 Å². The Morgan fingerprint density at radius 2 is 1.96 bits per heavy atom. The number of aromatic carboxylic acids is 1. The van der Waals surface area contributed by atoms with E-state index in [1.165, 1.54) is 6.07 Å². The lowest BCUT2D eigenvalue weighted by atomic mass is 10.1. The van der Waals surface area contributed by atoms with Gasteiger partial charge in [0.2, 0.25) is 0 Å². The summed E-state index contributed by atoms with van der Waals surface area (Å²) in [6, 6.07) is 8.00. The van der Waals surface area contributed by atoms with E-state index in [2.05, 4.69) is 9.97 Å². The highest BCUT2D eigenvalue weighted by Crippen LogP contribution is 2.23. The number of aryl methyl sites for hydroxylation is 1. The van der Waals surface area contributed by atoms with Gasteiger partial charge in [-0.05, 0) is 50.6 Å². The van der Waals surface area contributed by atoms with Crippen molar-refractivity contribution < 1.29 is 19.4 Å². The van der Waals surface area contributed by atoms with Crippen LogP contribution in [0.4, 0.5) is 0 Å². The molecule has 8 heteroatoms. The van der Waals surface area contributed by atoms with Crippen molar-refractivity contribution >= 4 is 34.7 Å². The molecule has 0 radical (unpaired) electrons. The van der Waals surface area contributed by atoms with Crippen molar-refractivity contribution in [2.45, 2.75) is 33.4 Å². The van der Waals surface area contributed by atoms with Gasteiger partial charge in [0.15, 0.2) is 11.3 Å². The first-order valence-corrected chi connectivity index (χ1v) is 8.70. The number of carbonyl (C=O) groups is 2. The highest BCUT2D eigenvalue weighted by atomic mass is 35.5. The Morgan fingerprint density at radius 3 is 2.59 bits per heavy atom. The van der Waals surface area contributed by atoms with Crippen LogP contribution < -0.4 is 0 Å². The molecule has 0 aliphatic heterocycles. The zero-order valence-electron chi connectivity index (χ0n) is 15.1. The number of ether oxygens (including phenoxy) is 1. The number of nitrogens with zero attached hydrogens (tertiary/aromatic N) is 3. The standard InChI is InChI=1S/C19H18ClN3O4/c1-10(2)27-19(26)12-4-5-13(14(20)8-12)9-23-11(3)21-15-6-7-16(18(24)25)22-17(15)23/h4-8,10H,9H2,1-3H3,(H,24,25). The number of esters is 1. The molecule has 0 spiro atoms. The molecule has 0 aliphatic rings. The predicted molar refractivity (Wildman–Crippen MR) is 100 cm³/mol. The second-order valence-electron chi connectivity index (χ2n) is 6.35. The number of pyridine rings is 1. The maximum Gasteiger partial charge on any atom is 0.354 e. The summed E-state index contributed by atoms with van der Waals surface area (Å²) < 4.78 is 6.96. The molecular weight excluding hydrogens is 370 g/mol. The van der Waals surface area contributed by atoms with Gasteiger partial charge in [-0.1, -0.05) is 17.7 Å². The summed E-state index contributed by atoms with van der Waals surface area (Å²) in [5.74, 6) is -0.858. The minimum Gasteiger partial charge on any atom is -0.477 e. The molecule has 0 bridgehead atoms. The van der Waals surface area contributed by atoms with E-state index < -0.39 is 11.9 Å². The Balaban J connectivity index is 1.95. The van der Waals surface area contributed by atoms with Gasteiger partial charge in [0.1, 0.15) is 11.3 Å². The second kappa shape index (κ2) is 7.36. The molecule has 0 atom stereocenters. The fourth-order valence-corrected chi connectivity index (χ4v) is 2.92. The van der Waals surface area contributed by atoms with E-state index in [1.807, 2.05) is 6.92 Å². The number of carboxylic acids is 1. The lowest BCUT2D eigenvalue weighted by Gasteiger charge is -2.11. The topological polar surface area (TPSA) is 94.3 Å². The van der Waals surface area contributed by atoms with Crippen LogP contribution in [-0.4, -0.2) is 37.7 Å². The van der Waals surface area contributed by atoms with Crippen LogP contribution in [0.3, 0.4) is 0 Å². The maximum absolute atomic E-state index is 12.0. The van der Waals surface area contributed by atoms with Crippen molar-refractivity contribution in [2.75, 3.05) is 0 Å². The average molecular weight is 388 g/mol. The second-order valence-corrected chi connectivity index (χ2v) is 6.76. The maximum atomic E-state index is 12.0. The van der Waals surface area contributed by atoms with Crippen LogP contribution in [0.15, 0.2) is 30.3 Å². The number of aromatic nitrogens is 3. The first-order valence-electron chi connectivity index (χ1n) is 8.33. The molecule has 0 saturated carbocycles. The van der Waals surface area contributed by atoms with Crippen LogP contribution in [0.1, 0.15) is 46.1 Å². The SMILES string of the molecule is Cc1nc2ccc(C(=O)O)nc2n1Cc1ccc(C(=O)OC(C)C)cc1Cl. The van der Waals surface area contributed by atoms with Crippen molar-refractivity contribution in [3.8, 4) is 0 Å². The molecule has 2 aromatic heterocycles. The van der Waals surface area contributed by atoms with Gasteiger partial charge in [-0.15, -0.1) is 0 Å². The number of halogens is 1. The zero-order valence-corrected chi connectivity index (χ0v) is 15.8. The predicted octanol–water partition coefficient (Wildman–Crippen LogP) is 3.70. The van der Waals surface area contributed by atoms with Crippen molar-refractivity contribution in [1.29, 1.82) is 0 Å². The van der Waals surface area contributed by atoms with E-state index in [0.717, 1.165) is 5.56 Å². The lowest BCUT2D eigenvalue weighted by Crippen LogP contribution is -2.12. The summed E-state index contributed by atoms with van der Waals surface area (Å²) in [6.45, 7) is 5.71. The summed E-state index contributed by atoms with van der Waals surface area (Å²) in [5.41, 5.74) is 2.14. The number of hydrogen-bond donors (Lipinski definition) is 1. The summed E-state index contributed by atoms with van der Waals surface area (Å²) in [5, 5.41) is 9.57. The van der Waals surface area contributed by atoms with Gasteiger partial charge < -0.3 is 14.4 Å². The normalized spacial score (nSPS) is 11.1. The Kier molecular flexibility index (Phi) is 5.14. The summed E-state index contributed by atoms with van der Waals surface area (Å²) >= 11 is 6.36. The Labute approximate surface area is 160 Å². The first kappa shape index (κ1) is 18.8. The van der Waals surface area contributed by atoms with Crippen LogP contribution in [0.25, 0.3) is 11.2 Å². The Morgan fingerprint density at radius 1 is 1.22 bits per heavy atom. The Bertz CT molecular complexity index is 1040. The fraction of sp³-hybridized carbons (Fsp3) is 0.263. The number of hydrogen-bond acceptors (Lipinski definition) is 5. The molecule has 0 aliphatic carbocycles. The van der Waals surface area contributed by atoms with Crippen molar-refractivity contribution in [1.82, 2.24) is 14.5 Å². The van der Waals surface area contributed by atoms with E-state index in [0.29, 0.717) is 34.1 Å². The Hall–Kier alpha value is -2.93. The summed E-state index contributed by atoms with van der Waals surface area (Å²) in [7, 11) is 0. The van der Waals surface area contributed by atoms with Gasteiger partial charge in [-0.3, -0.25) is 0 Å². The molecule has 3 aromatic rings. The summed E-state index contributed by atoms with van der Waals surface area (Å²) in [4.78, 5) is 31.8. The molecule has 0 unspecified atom stereocenters. The van der Waals surface area contributed by atoms with Crippen LogP contribution in [0.2, 0.25) is 5.02 Å². The first-order chi connectivity index (χ1) is 12.8. The van der Waals surface area contributed by atoms with Gasteiger partial charge in [-0.2, -0.15) is 0 Å². The van der Waals surface area contributed by atoms with Gasteiger partial charge in [0, 0.05) is 5.02 Å². The van der Waals surface area contributed by atoms with Crippen LogP contribution in [0.5, 0.6) is 0 Å². The van der Waals surface area contributed by atoms with E-state index in [9.17, 15) is 9.59 Å². The average Bonchev–Trinajstić information content (AvgIpc) is 2.90. The third-order valence-corrected chi connectivity index (χ3v) is 4.31. The molecule has 3 rings (SSSR count). The van der Waals surface area contributed by atoms with Crippen molar-refractivity contribution in [3.63, 3.8) is 0 Å². The summed E-state index contributed by atoms with van der Waals surface area (Å²) in [6.07, 6.45) is -0.217. The molecule has 1 N–H and O–H groups in total. The molecule has 7 nitrogen and oxygen atoms in total. The van der Waals surface area contributed by atoms with Crippen LogP contribution >= 0.6 is 11.6 Å². The lowest BCUT2D eigenvalue weighted by molar-refractivity contribution is 0.0377. The molecular formula is C19H18ClN3O4. The quantitative estimate of drug-likeness (QED) is 0.671. The minimum atomic E-state index is -1.10. The van der Waals surface area contributed by atoms with Crippen molar-refractivity contribution in [2.24, 2.45) is 0 Å². The molecule has 27 heavy (non-hydrogen) atoms. The minimum absolute atomic E-state index is 0.0541.